The van der Waals surface area contributed by atoms with Crippen LogP contribution in [0.4, 0.5) is 11.4 Å². The Morgan fingerprint density at radius 2 is 1.59 bits per heavy atom. The van der Waals surface area contributed by atoms with Gasteiger partial charge in [-0.05, 0) is 61.7 Å². The maximum Gasteiger partial charge on any atom is 0.264 e. The van der Waals surface area contributed by atoms with Crippen molar-refractivity contribution < 1.29 is 22.7 Å². The van der Waals surface area contributed by atoms with Gasteiger partial charge in [0.05, 0.1) is 28.9 Å². The van der Waals surface area contributed by atoms with Crippen LogP contribution < -0.4 is 19.7 Å². The number of carbonyl (C=O) groups excluding carboxylic acids is 2. The van der Waals surface area contributed by atoms with Gasteiger partial charge in [0.1, 0.15) is 12.3 Å². The topological polar surface area (TPSA) is 105 Å². The maximum atomic E-state index is 13.8. The number of hydrogen-bond acceptors (Lipinski definition) is 5. The number of benzene rings is 3. The molecule has 0 unspecified atom stereocenters. The van der Waals surface area contributed by atoms with E-state index in [-0.39, 0.29) is 33.7 Å². The Morgan fingerprint density at radius 1 is 0.946 bits per heavy atom. The van der Waals surface area contributed by atoms with Crippen molar-refractivity contribution in [1.82, 2.24) is 5.32 Å². The first kappa shape index (κ1) is 27.7. The summed E-state index contributed by atoms with van der Waals surface area (Å²) in [5.41, 5.74) is 2.52. The van der Waals surface area contributed by atoms with Gasteiger partial charge in [-0.25, -0.2) is 8.42 Å². The summed E-state index contributed by atoms with van der Waals surface area (Å²) in [6.45, 7) is 7.60. The normalized spacial score (nSPS) is 11.2. The monoisotopic (exact) mass is 523 g/mol. The fourth-order valence-corrected chi connectivity index (χ4v) is 5.06. The maximum absolute atomic E-state index is 13.8. The van der Waals surface area contributed by atoms with Crippen molar-refractivity contribution in [3.63, 3.8) is 0 Å². The number of ether oxygens (including phenoxy) is 1. The second-order valence-corrected chi connectivity index (χ2v) is 11.1. The standard InChI is InChI=1S/C28H33N3O5S/c1-19(2)17-29-28(33)23-8-6-7-9-24(23)30-27(32)18-31(25-16-21(4)12-15-26(25)36-5)37(34,35)22-13-10-20(3)11-14-22/h6-16,19H,17-18H2,1-5H3,(H,29,33)(H,30,32). The highest BCUT2D eigenvalue weighted by Crippen LogP contribution is 2.33. The molecule has 0 aromatic heterocycles. The van der Waals surface area contributed by atoms with Crippen LogP contribution in [0, 0.1) is 19.8 Å². The molecule has 0 heterocycles. The summed E-state index contributed by atoms with van der Waals surface area (Å²) < 4.78 is 34.0. The van der Waals surface area contributed by atoms with Gasteiger partial charge in [0.25, 0.3) is 15.9 Å². The van der Waals surface area contributed by atoms with E-state index in [2.05, 4.69) is 10.6 Å². The summed E-state index contributed by atoms with van der Waals surface area (Å²) in [4.78, 5) is 26.0. The summed E-state index contributed by atoms with van der Waals surface area (Å²) in [6, 6.07) is 18.1. The molecule has 0 aliphatic heterocycles. The van der Waals surface area contributed by atoms with Gasteiger partial charge in [0.15, 0.2) is 0 Å². The Labute approximate surface area is 218 Å². The van der Waals surface area contributed by atoms with Crippen LogP contribution in [0.5, 0.6) is 5.75 Å². The number of carbonyl (C=O) groups is 2. The molecule has 0 spiro atoms. The summed E-state index contributed by atoms with van der Waals surface area (Å²) in [5, 5.41) is 5.55. The van der Waals surface area contributed by atoms with Crippen LogP contribution in [0.3, 0.4) is 0 Å². The minimum absolute atomic E-state index is 0.0444. The summed E-state index contributed by atoms with van der Waals surface area (Å²) in [7, 11) is -2.70. The lowest BCUT2D eigenvalue weighted by atomic mass is 10.1. The first-order valence-electron chi connectivity index (χ1n) is 11.9. The van der Waals surface area contributed by atoms with Crippen molar-refractivity contribution in [2.24, 2.45) is 5.92 Å². The van der Waals surface area contributed by atoms with E-state index in [1.165, 1.54) is 19.2 Å². The first-order valence-corrected chi connectivity index (χ1v) is 13.4. The van der Waals surface area contributed by atoms with Crippen molar-refractivity contribution in [2.45, 2.75) is 32.6 Å². The molecule has 0 saturated heterocycles. The van der Waals surface area contributed by atoms with Crippen molar-refractivity contribution in [3.05, 3.63) is 83.4 Å². The van der Waals surface area contributed by atoms with Crippen LogP contribution >= 0.6 is 0 Å². The van der Waals surface area contributed by atoms with E-state index in [4.69, 9.17) is 4.74 Å². The van der Waals surface area contributed by atoms with Gasteiger partial charge in [0, 0.05) is 6.54 Å². The Hall–Kier alpha value is -3.85. The smallest absolute Gasteiger partial charge is 0.264 e. The molecular formula is C28H33N3O5S. The van der Waals surface area contributed by atoms with Crippen LogP contribution in [0.2, 0.25) is 0 Å². The van der Waals surface area contributed by atoms with Gasteiger partial charge >= 0.3 is 0 Å². The Balaban J connectivity index is 1.97. The van der Waals surface area contributed by atoms with E-state index in [1.54, 1.807) is 54.6 Å². The fraction of sp³-hybridized carbons (Fsp3) is 0.286. The highest BCUT2D eigenvalue weighted by Gasteiger charge is 2.30. The Bertz CT molecular complexity index is 1370. The van der Waals surface area contributed by atoms with Crippen LogP contribution in [-0.2, 0) is 14.8 Å². The Kier molecular flexibility index (Phi) is 8.94. The summed E-state index contributed by atoms with van der Waals surface area (Å²) in [6.07, 6.45) is 0. The predicted octanol–water partition coefficient (Wildman–Crippen LogP) is 4.53. The second-order valence-electron chi connectivity index (χ2n) is 9.20. The zero-order valence-electron chi connectivity index (χ0n) is 21.7. The average molecular weight is 524 g/mol. The first-order chi connectivity index (χ1) is 17.5. The van der Waals surface area contributed by atoms with Crippen molar-refractivity contribution in [3.8, 4) is 5.75 Å². The number of sulfonamides is 1. The van der Waals surface area contributed by atoms with Crippen molar-refractivity contribution in [1.29, 1.82) is 0 Å². The molecule has 3 rings (SSSR count). The molecule has 8 nitrogen and oxygen atoms in total. The molecular weight excluding hydrogens is 490 g/mol. The number of rotatable bonds is 10. The Morgan fingerprint density at radius 3 is 2.24 bits per heavy atom. The molecule has 0 saturated carbocycles. The number of amides is 2. The van der Waals surface area contributed by atoms with E-state index in [1.807, 2.05) is 27.7 Å². The van der Waals surface area contributed by atoms with Gasteiger partial charge in [0.2, 0.25) is 5.91 Å². The second kappa shape index (κ2) is 11.9. The van der Waals surface area contributed by atoms with Crippen molar-refractivity contribution in [2.75, 3.05) is 29.8 Å². The van der Waals surface area contributed by atoms with E-state index in [0.29, 0.717) is 12.3 Å². The lowest BCUT2D eigenvalue weighted by Crippen LogP contribution is -2.38. The molecule has 0 aliphatic carbocycles. The van der Waals surface area contributed by atoms with E-state index < -0.39 is 22.5 Å². The number of hydrogen-bond donors (Lipinski definition) is 2. The van der Waals surface area contributed by atoms with Crippen LogP contribution in [0.15, 0.2) is 71.6 Å². The van der Waals surface area contributed by atoms with Gasteiger partial charge in [-0.15, -0.1) is 0 Å². The fourth-order valence-electron chi connectivity index (χ4n) is 3.63. The molecule has 2 N–H and O–H groups in total. The summed E-state index contributed by atoms with van der Waals surface area (Å²) >= 11 is 0. The third-order valence-electron chi connectivity index (χ3n) is 5.62. The molecule has 0 atom stereocenters. The quantitative estimate of drug-likeness (QED) is 0.406. The molecule has 9 heteroatoms. The SMILES string of the molecule is COc1ccc(C)cc1N(CC(=O)Nc1ccccc1C(=O)NCC(C)C)S(=O)(=O)c1ccc(C)cc1. The number of aryl methyl sites for hydroxylation is 2. The predicted molar refractivity (Wildman–Crippen MR) is 146 cm³/mol. The number of para-hydroxylation sites is 1. The summed E-state index contributed by atoms with van der Waals surface area (Å²) in [5.74, 6) is -0.365. The van der Waals surface area contributed by atoms with Gasteiger partial charge < -0.3 is 15.4 Å². The lowest BCUT2D eigenvalue weighted by molar-refractivity contribution is -0.114. The largest absolute Gasteiger partial charge is 0.495 e. The zero-order chi connectivity index (χ0) is 27.2. The van der Waals surface area contributed by atoms with Gasteiger partial charge in [-0.3, -0.25) is 13.9 Å². The minimum atomic E-state index is -4.14. The van der Waals surface area contributed by atoms with Crippen LogP contribution in [0.1, 0.15) is 35.3 Å². The van der Waals surface area contributed by atoms with Gasteiger partial charge in [-0.2, -0.15) is 0 Å². The highest BCUT2D eigenvalue weighted by atomic mass is 32.2. The molecule has 0 fully saturated rings. The van der Waals surface area contributed by atoms with Crippen LogP contribution in [-0.4, -0.2) is 40.4 Å². The zero-order valence-corrected chi connectivity index (χ0v) is 22.6. The molecule has 3 aromatic rings. The number of nitrogens with zero attached hydrogens (tertiary/aromatic N) is 1. The van der Waals surface area contributed by atoms with Gasteiger partial charge in [-0.1, -0.05) is 49.7 Å². The third kappa shape index (κ3) is 6.89. The number of methoxy groups -OCH3 is 1. The molecule has 0 aliphatic rings. The molecule has 3 aromatic carbocycles. The number of nitrogens with one attached hydrogen (secondary N) is 2. The highest BCUT2D eigenvalue weighted by molar-refractivity contribution is 7.92. The lowest BCUT2D eigenvalue weighted by Gasteiger charge is -2.26. The molecule has 2 amide bonds. The van der Waals surface area contributed by atoms with E-state index in [0.717, 1.165) is 15.4 Å². The average Bonchev–Trinajstić information content (AvgIpc) is 2.86. The molecule has 0 radical (unpaired) electrons. The molecule has 37 heavy (non-hydrogen) atoms. The minimum Gasteiger partial charge on any atom is -0.495 e. The number of anilines is 2. The van der Waals surface area contributed by atoms with Crippen molar-refractivity contribution >= 4 is 33.2 Å². The van der Waals surface area contributed by atoms with E-state index in [9.17, 15) is 18.0 Å². The molecule has 196 valence electrons. The van der Waals surface area contributed by atoms with E-state index >= 15 is 0 Å². The third-order valence-corrected chi connectivity index (χ3v) is 7.39. The molecule has 0 bridgehead atoms. The van der Waals surface area contributed by atoms with Crippen LogP contribution in [0.25, 0.3) is 0 Å².